The molecule has 0 aromatic heterocycles. The third-order valence-electron chi connectivity index (χ3n) is 4.15. The maximum atomic E-state index is 12.7. The minimum atomic E-state index is -1.08. The molecule has 0 spiro atoms. The first-order valence-corrected chi connectivity index (χ1v) is 8.63. The molecule has 9 nitrogen and oxygen atoms in total. The summed E-state index contributed by atoms with van der Waals surface area (Å²) in [6.45, 7) is 2.97. The number of hydrogen-bond acceptors (Lipinski definition) is 6. The highest BCUT2D eigenvalue weighted by Gasteiger charge is 2.33. The van der Waals surface area contributed by atoms with E-state index in [4.69, 9.17) is 5.21 Å². The number of amides is 3. The zero-order valence-corrected chi connectivity index (χ0v) is 15.7. The third-order valence-corrected chi connectivity index (χ3v) is 4.15. The van der Waals surface area contributed by atoms with Gasteiger partial charge in [-0.1, -0.05) is 12.1 Å². The summed E-state index contributed by atoms with van der Waals surface area (Å²) >= 11 is 0. The monoisotopic (exact) mass is 394 g/mol. The van der Waals surface area contributed by atoms with Crippen LogP contribution in [-0.4, -0.2) is 33.6 Å². The van der Waals surface area contributed by atoms with Gasteiger partial charge in [0.1, 0.15) is 0 Å². The molecule has 2 aromatic carbocycles. The molecule has 148 valence electrons. The molecule has 1 heterocycles. The predicted molar refractivity (Wildman–Crippen MR) is 105 cm³/mol. The molecule has 29 heavy (non-hydrogen) atoms. The number of carbonyl (C=O) groups is 3. The minimum Gasteiger partial charge on any atom is -0.595 e. The molecule has 1 aliphatic heterocycles. The number of quaternary nitrogens is 1. The van der Waals surface area contributed by atoms with E-state index in [1.54, 1.807) is 31.2 Å². The average Bonchev–Trinajstić information content (AvgIpc) is 2.96. The number of hydrazone groups is 1. The first-order chi connectivity index (χ1) is 13.8. The highest BCUT2D eigenvalue weighted by Crippen LogP contribution is 2.22. The van der Waals surface area contributed by atoms with Crippen molar-refractivity contribution in [3.05, 3.63) is 70.4 Å². The van der Waals surface area contributed by atoms with Gasteiger partial charge in [-0.3, -0.25) is 14.4 Å². The molecule has 9 heteroatoms. The predicted octanol–water partition coefficient (Wildman–Crippen LogP) is 1.49. The topological polar surface area (TPSA) is 127 Å². The van der Waals surface area contributed by atoms with E-state index < -0.39 is 17.0 Å². The van der Waals surface area contributed by atoms with Gasteiger partial charge in [0.25, 0.3) is 11.8 Å². The van der Waals surface area contributed by atoms with Crippen molar-refractivity contribution in [3.63, 3.8) is 0 Å². The second-order valence-electron chi connectivity index (χ2n) is 6.35. The molecular formula is C20H18N4O5. The summed E-state index contributed by atoms with van der Waals surface area (Å²) in [6, 6.07) is 12.2. The Hall–Kier alpha value is -3.66. The molecule has 0 bridgehead atoms. The van der Waals surface area contributed by atoms with Crippen LogP contribution in [0.5, 0.6) is 0 Å². The van der Waals surface area contributed by atoms with Gasteiger partial charge in [-0.25, -0.2) is 5.21 Å². The van der Waals surface area contributed by atoms with Crippen molar-refractivity contribution in [1.29, 1.82) is 0 Å². The van der Waals surface area contributed by atoms with Crippen LogP contribution in [0.1, 0.15) is 29.8 Å². The number of hydrogen-bond donors (Lipinski definition) is 3. The maximum absolute atomic E-state index is 12.7. The van der Waals surface area contributed by atoms with E-state index in [1.165, 1.54) is 37.3 Å². The molecule has 2 aromatic rings. The van der Waals surface area contributed by atoms with Crippen molar-refractivity contribution in [1.82, 2.24) is 5.01 Å². The smallest absolute Gasteiger partial charge is 0.283 e. The SMILES string of the molecule is CC(=O)Nc1ccc(C(=O)N2N=C(C)/C(=C\c3cccc([NH+]([O-])O)c3)C2=O)cc1. The van der Waals surface area contributed by atoms with Crippen LogP contribution < -0.4 is 10.5 Å². The number of anilines is 1. The summed E-state index contributed by atoms with van der Waals surface area (Å²) < 4.78 is 0. The lowest BCUT2D eigenvalue weighted by Gasteiger charge is -2.12. The van der Waals surface area contributed by atoms with Gasteiger partial charge in [0.05, 0.1) is 11.3 Å². The molecule has 0 saturated carbocycles. The van der Waals surface area contributed by atoms with Gasteiger partial charge >= 0.3 is 0 Å². The van der Waals surface area contributed by atoms with E-state index in [0.717, 1.165) is 5.01 Å². The van der Waals surface area contributed by atoms with Gasteiger partial charge in [-0.2, -0.15) is 15.3 Å². The van der Waals surface area contributed by atoms with Crippen molar-refractivity contribution in [3.8, 4) is 0 Å². The standard InChI is InChI=1S/C20H18N4O5/c1-12-18(11-14-4-3-5-17(10-14)24(28)29)20(27)23(22-12)19(26)15-6-8-16(9-7-15)21-13(2)25/h3-11,24,28H,1-2H3,(H,21,25)/b18-11+. The molecular weight excluding hydrogens is 376 g/mol. The van der Waals surface area contributed by atoms with Crippen LogP contribution >= 0.6 is 0 Å². The Morgan fingerprint density at radius 1 is 1.21 bits per heavy atom. The van der Waals surface area contributed by atoms with Gasteiger partial charge in [0.2, 0.25) is 5.91 Å². The lowest BCUT2D eigenvalue weighted by molar-refractivity contribution is -0.991. The van der Waals surface area contributed by atoms with Gasteiger partial charge in [-0.15, -0.1) is 0 Å². The lowest BCUT2D eigenvalue weighted by Crippen LogP contribution is -2.99. The number of nitrogens with zero attached hydrogens (tertiary/aromatic N) is 2. The summed E-state index contributed by atoms with van der Waals surface area (Å²) in [5.74, 6) is -1.44. The number of carbonyl (C=O) groups excluding carboxylic acids is 3. The van der Waals surface area contributed by atoms with Crippen LogP contribution in [0.4, 0.5) is 11.4 Å². The molecule has 3 N–H and O–H groups in total. The van der Waals surface area contributed by atoms with E-state index in [2.05, 4.69) is 10.4 Å². The summed E-state index contributed by atoms with van der Waals surface area (Å²) in [4.78, 5) is 36.5. The normalized spacial score (nSPS) is 16.0. The molecule has 0 radical (unpaired) electrons. The first-order valence-electron chi connectivity index (χ1n) is 8.63. The first kappa shape index (κ1) is 20.1. The maximum Gasteiger partial charge on any atom is 0.283 e. The van der Waals surface area contributed by atoms with E-state index in [1.807, 2.05) is 0 Å². The van der Waals surface area contributed by atoms with Gasteiger partial charge in [0.15, 0.2) is 5.69 Å². The Morgan fingerprint density at radius 2 is 1.90 bits per heavy atom. The Bertz CT molecular complexity index is 1040. The highest BCUT2D eigenvalue weighted by molar-refractivity contribution is 6.30. The Morgan fingerprint density at radius 3 is 2.52 bits per heavy atom. The number of benzene rings is 2. The Kier molecular flexibility index (Phi) is 5.64. The molecule has 3 amide bonds. The van der Waals surface area contributed by atoms with Crippen LogP contribution in [0.15, 0.2) is 59.2 Å². The zero-order valence-electron chi connectivity index (χ0n) is 15.7. The van der Waals surface area contributed by atoms with Crippen LogP contribution in [0.2, 0.25) is 0 Å². The van der Waals surface area contributed by atoms with Crippen LogP contribution in [0.3, 0.4) is 0 Å². The van der Waals surface area contributed by atoms with E-state index in [0.29, 0.717) is 17.0 Å². The van der Waals surface area contributed by atoms with Crippen molar-refractivity contribution >= 4 is 40.9 Å². The molecule has 0 aliphatic carbocycles. The molecule has 0 fully saturated rings. The largest absolute Gasteiger partial charge is 0.595 e. The van der Waals surface area contributed by atoms with E-state index in [9.17, 15) is 19.6 Å². The second kappa shape index (κ2) is 8.15. The van der Waals surface area contributed by atoms with Gasteiger partial charge < -0.3 is 10.5 Å². The molecule has 1 unspecified atom stereocenters. The zero-order chi connectivity index (χ0) is 21.1. The summed E-state index contributed by atoms with van der Waals surface area (Å²) in [5.41, 5.74) is 1.91. The lowest BCUT2D eigenvalue weighted by atomic mass is 10.1. The molecule has 1 atom stereocenters. The summed E-state index contributed by atoms with van der Waals surface area (Å²) in [5, 5.41) is 26.5. The summed E-state index contributed by atoms with van der Waals surface area (Å²) in [6.07, 6.45) is 1.50. The van der Waals surface area contributed by atoms with E-state index >= 15 is 0 Å². The number of rotatable bonds is 4. The summed E-state index contributed by atoms with van der Waals surface area (Å²) in [7, 11) is 0. The van der Waals surface area contributed by atoms with Gasteiger partial charge in [0, 0.05) is 30.3 Å². The number of imide groups is 1. The number of nitrogens with one attached hydrogen (secondary N) is 2. The Labute approximate surface area is 166 Å². The highest BCUT2D eigenvalue weighted by atomic mass is 16.8. The molecule has 3 rings (SSSR count). The fourth-order valence-electron chi connectivity index (χ4n) is 2.77. The van der Waals surface area contributed by atoms with Crippen molar-refractivity contribution in [2.75, 3.05) is 5.32 Å². The Balaban J connectivity index is 1.83. The quantitative estimate of drug-likeness (QED) is 0.411. The average molecular weight is 394 g/mol. The van der Waals surface area contributed by atoms with Crippen LogP contribution in [0, 0.1) is 5.21 Å². The van der Waals surface area contributed by atoms with Crippen LogP contribution in [0.25, 0.3) is 6.08 Å². The third kappa shape index (κ3) is 4.43. The van der Waals surface area contributed by atoms with Crippen LogP contribution in [-0.2, 0) is 9.59 Å². The fourth-order valence-corrected chi connectivity index (χ4v) is 2.77. The molecule has 1 aliphatic rings. The van der Waals surface area contributed by atoms with E-state index in [-0.39, 0.29) is 22.7 Å². The van der Waals surface area contributed by atoms with Crippen molar-refractivity contribution in [2.45, 2.75) is 13.8 Å². The molecule has 0 saturated heterocycles. The fraction of sp³-hybridized carbons (Fsp3) is 0.100. The van der Waals surface area contributed by atoms with Crippen molar-refractivity contribution in [2.24, 2.45) is 5.10 Å². The minimum absolute atomic E-state index is 0.0894. The van der Waals surface area contributed by atoms with Crippen molar-refractivity contribution < 1.29 is 24.8 Å². The second-order valence-corrected chi connectivity index (χ2v) is 6.35. The van der Waals surface area contributed by atoms with Gasteiger partial charge in [-0.05, 0) is 42.8 Å².